The summed E-state index contributed by atoms with van der Waals surface area (Å²) in [7, 11) is 0. The zero-order valence-corrected chi connectivity index (χ0v) is 17.4. The average Bonchev–Trinajstić information content (AvgIpc) is 3.14. The molecule has 156 valence electrons. The lowest BCUT2D eigenvalue weighted by Gasteiger charge is -2.15. The summed E-state index contributed by atoms with van der Waals surface area (Å²) < 4.78 is 45.8. The highest BCUT2D eigenvalue weighted by atomic mass is 79.9. The second-order valence-corrected chi connectivity index (χ2v) is 7.89. The lowest BCUT2D eigenvalue weighted by molar-refractivity contribution is -0.119. The highest BCUT2D eigenvalue weighted by Crippen LogP contribution is 2.41. The Morgan fingerprint density at radius 2 is 2.00 bits per heavy atom. The summed E-state index contributed by atoms with van der Waals surface area (Å²) in [4.78, 5) is 20.9. The molecule has 1 aliphatic rings. The summed E-state index contributed by atoms with van der Waals surface area (Å²) in [5.41, 5.74) is 0.132. The van der Waals surface area contributed by atoms with Crippen LogP contribution in [0, 0.1) is 5.82 Å². The zero-order chi connectivity index (χ0) is 21.6. The Morgan fingerprint density at radius 1 is 1.27 bits per heavy atom. The molecule has 0 radical (unpaired) electrons. The van der Waals surface area contributed by atoms with Crippen LogP contribution in [0.3, 0.4) is 0 Å². The van der Waals surface area contributed by atoms with Crippen LogP contribution in [-0.4, -0.2) is 32.3 Å². The lowest BCUT2D eigenvalue weighted by Crippen LogP contribution is -2.27. The van der Waals surface area contributed by atoms with E-state index in [1.165, 1.54) is 24.3 Å². The van der Waals surface area contributed by atoms with Gasteiger partial charge in [-0.05, 0) is 35.8 Å². The number of anilines is 1. The molecule has 0 fully saturated rings. The van der Waals surface area contributed by atoms with E-state index in [9.17, 15) is 18.0 Å². The number of halogens is 4. The number of carbonyl (C=O) groups excluding carboxylic acids is 1. The number of amides is 1. The minimum atomic E-state index is -3.10. The molecular formula is C19H15BrF3N5O2. The Morgan fingerprint density at radius 3 is 2.70 bits per heavy atom. The zero-order valence-electron chi connectivity index (χ0n) is 15.8. The standard InChI is InChI=1S/C19H15BrF3N5O2/c1-19(2)13-14(20)24-15(25-16(13)26-17(19)29)11-7-12(30-18(22)23)28(27-11)8-9-5-3-4-6-10(9)21/h3-7,18H,8H2,1-2H3,(H,24,25,26,29). The molecule has 0 aliphatic carbocycles. The molecule has 3 aromatic rings. The first kappa shape index (κ1) is 20.3. The van der Waals surface area contributed by atoms with Gasteiger partial charge < -0.3 is 10.1 Å². The van der Waals surface area contributed by atoms with Crippen molar-refractivity contribution in [2.45, 2.75) is 32.4 Å². The third kappa shape index (κ3) is 3.53. The van der Waals surface area contributed by atoms with Crippen LogP contribution in [0.4, 0.5) is 19.0 Å². The quantitative estimate of drug-likeness (QED) is 0.554. The lowest BCUT2D eigenvalue weighted by atomic mass is 9.88. The molecule has 30 heavy (non-hydrogen) atoms. The summed E-state index contributed by atoms with van der Waals surface area (Å²) >= 11 is 3.35. The van der Waals surface area contributed by atoms with E-state index < -0.39 is 17.8 Å². The molecule has 1 amide bonds. The molecule has 0 bridgehead atoms. The third-order valence-electron chi connectivity index (χ3n) is 4.75. The third-order valence-corrected chi connectivity index (χ3v) is 5.32. The van der Waals surface area contributed by atoms with Crippen LogP contribution in [0.15, 0.2) is 34.9 Å². The average molecular weight is 482 g/mol. The van der Waals surface area contributed by atoms with Crippen LogP contribution in [-0.2, 0) is 16.8 Å². The van der Waals surface area contributed by atoms with Crippen molar-refractivity contribution in [3.8, 4) is 17.4 Å². The number of hydrogen-bond acceptors (Lipinski definition) is 5. The van der Waals surface area contributed by atoms with Crippen LogP contribution in [0.25, 0.3) is 11.5 Å². The molecule has 0 saturated carbocycles. The van der Waals surface area contributed by atoms with Crippen molar-refractivity contribution in [1.29, 1.82) is 0 Å². The molecule has 0 unspecified atom stereocenters. The highest BCUT2D eigenvalue weighted by molar-refractivity contribution is 9.10. The summed E-state index contributed by atoms with van der Waals surface area (Å²) in [6.45, 7) is 0.242. The maximum atomic E-state index is 14.0. The van der Waals surface area contributed by atoms with Crippen LogP contribution < -0.4 is 10.1 Å². The first-order valence-corrected chi connectivity index (χ1v) is 9.62. The fourth-order valence-electron chi connectivity index (χ4n) is 3.17. The molecule has 4 rings (SSSR count). The number of ether oxygens (including phenoxy) is 1. The molecular weight excluding hydrogens is 467 g/mol. The molecule has 7 nitrogen and oxygen atoms in total. The van der Waals surface area contributed by atoms with Crippen molar-refractivity contribution in [3.63, 3.8) is 0 Å². The van der Waals surface area contributed by atoms with Crippen molar-refractivity contribution in [1.82, 2.24) is 19.7 Å². The molecule has 0 saturated heterocycles. The Kier molecular flexibility index (Phi) is 5.00. The maximum absolute atomic E-state index is 14.0. The second kappa shape index (κ2) is 7.38. The van der Waals surface area contributed by atoms with Crippen molar-refractivity contribution >= 4 is 27.7 Å². The number of hydrogen-bond donors (Lipinski definition) is 1. The first-order chi connectivity index (χ1) is 14.2. The van der Waals surface area contributed by atoms with E-state index in [0.29, 0.717) is 16.0 Å². The Hall–Kier alpha value is -2.95. The number of rotatable bonds is 5. The van der Waals surface area contributed by atoms with E-state index in [0.717, 1.165) is 4.68 Å². The second-order valence-electron chi connectivity index (χ2n) is 7.14. The molecule has 3 heterocycles. The molecule has 11 heteroatoms. The first-order valence-electron chi connectivity index (χ1n) is 8.82. The van der Waals surface area contributed by atoms with Gasteiger partial charge in [-0.1, -0.05) is 18.2 Å². The number of benzene rings is 1. The fourth-order valence-corrected chi connectivity index (χ4v) is 4.02. The molecule has 0 atom stereocenters. The molecule has 1 aliphatic heterocycles. The maximum Gasteiger partial charge on any atom is 0.388 e. The number of nitrogens with one attached hydrogen (secondary N) is 1. The van der Waals surface area contributed by atoms with E-state index in [1.54, 1.807) is 19.9 Å². The molecule has 1 N–H and O–H groups in total. The smallest absolute Gasteiger partial charge is 0.388 e. The van der Waals surface area contributed by atoms with Gasteiger partial charge in [-0.2, -0.15) is 13.9 Å². The van der Waals surface area contributed by atoms with Crippen molar-refractivity contribution in [2.75, 3.05) is 5.32 Å². The van der Waals surface area contributed by atoms with E-state index >= 15 is 0 Å². The van der Waals surface area contributed by atoms with Crippen LogP contribution in [0.2, 0.25) is 0 Å². The number of carbonyl (C=O) groups is 1. The predicted molar refractivity (Wildman–Crippen MR) is 105 cm³/mol. The summed E-state index contributed by atoms with van der Waals surface area (Å²) in [5.74, 6) is -0.616. The Bertz CT molecular complexity index is 1150. The Labute approximate surface area is 177 Å². The molecule has 0 spiro atoms. The van der Waals surface area contributed by atoms with Gasteiger partial charge in [0, 0.05) is 17.2 Å². The van der Waals surface area contributed by atoms with Gasteiger partial charge in [0.2, 0.25) is 11.8 Å². The summed E-state index contributed by atoms with van der Waals surface area (Å²) in [5, 5.41) is 6.91. The minimum Gasteiger partial charge on any atom is -0.417 e. The van der Waals surface area contributed by atoms with Gasteiger partial charge in [-0.3, -0.25) is 4.79 Å². The van der Waals surface area contributed by atoms with Gasteiger partial charge in [-0.15, -0.1) is 0 Å². The van der Waals surface area contributed by atoms with Crippen LogP contribution in [0.5, 0.6) is 5.88 Å². The molecule has 2 aromatic heterocycles. The van der Waals surface area contributed by atoms with E-state index in [2.05, 4.69) is 41.1 Å². The van der Waals surface area contributed by atoms with Crippen LogP contribution >= 0.6 is 15.9 Å². The van der Waals surface area contributed by atoms with Gasteiger partial charge in [0.15, 0.2) is 5.82 Å². The van der Waals surface area contributed by atoms with Gasteiger partial charge in [0.05, 0.1) is 12.0 Å². The minimum absolute atomic E-state index is 0.0880. The SMILES string of the molecule is CC1(C)C(=O)Nc2nc(-c3cc(OC(F)F)n(Cc4ccccc4F)n3)nc(Br)c21. The van der Waals surface area contributed by atoms with Gasteiger partial charge in [-0.25, -0.2) is 19.0 Å². The summed E-state index contributed by atoms with van der Waals surface area (Å²) in [6.07, 6.45) is 0. The van der Waals surface area contributed by atoms with Gasteiger partial charge >= 0.3 is 6.61 Å². The molecule has 1 aromatic carbocycles. The van der Waals surface area contributed by atoms with E-state index in [1.807, 2.05) is 0 Å². The predicted octanol–water partition coefficient (Wildman–Crippen LogP) is 4.12. The number of fused-ring (bicyclic) bond motifs is 1. The summed E-state index contributed by atoms with van der Waals surface area (Å²) in [6, 6.07) is 7.17. The Balaban J connectivity index is 1.76. The topological polar surface area (TPSA) is 81.9 Å². The largest absolute Gasteiger partial charge is 0.417 e. The number of aromatic nitrogens is 4. The van der Waals surface area contributed by atoms with Gasteiger partial charge in [0.1, 0.15) is 21.9 Å². The monoisotopic (exact) mass is 481 g/mol. The number of alkyl halides is 2. The highest BCUT2D eigenvalue weighted by Gasteiger charge is 2.42. The van der Waals surface area contributed by atoms with Crippen molar-refractivity contribution in [2.24, 2.45) is 0 Å². The van der Waals surface area contributed by atoms with Gasteiger partial charge in [0.25, 0.3) is 0 Å². The van der Waals surface area contributed by atoms with Crippen molar-refractivity contribution in [3.05, 3.63) is 51.9 Å². The van der Waals surface area contributed by atoms with Crippen LogP contribution in [0.1, 0.15) is 25.0 Å². The fraction of sp³-hybridized carbons (Fsp3) is 0.263. The normalized spacial score (nSPS) is 14.7. The number of nitrogens with zero attached hydrogens (tertiary/aromatic N) is 4. The van der Waals surface area contributed by atoms with E-state index in [-0.39, 0.29) is 35.4 Å². The van der Waals surface area contributed by atoms with Crippen molar-refractivity contribution < 1.29 is 22.7 Å². The van der Waals surface area contributed by atoms with E-state index in [4.69, 9.17) is 0 Å².